The number of nitrogens with zero attached hydrogens (tertiary/aromatic N) is 1. The van der Waals surface area contributed by atoms with Gasteiger partial charge in [-0.25, -0.2) is 0 Å². The molecule has 1 heteroatoms. The molecule has 0 spiro atoms. The molecule has 0 saturated carbocycles. The van der Waals surface area contributed by atoms with Crippen LogP contribution in [0.2, 0.25) is 0 Å². The van der Waals surface area contributed by atoms with Gasteiger partial charge in [-0.05, 0) is 130 Å². The van der Waals surface area contributed by atoms with Crippen molar-refractivity contribution in [3.05, 3.63) is 258 Å². The van der Waals surface area contributed by atoms with Gasteiger partial charge in [0.2, 0.25) is 0 Å². The average molecular weight is 798 g/mol. The predicted octanol–water partition coefficient (Wildman–Crippen LogP) is 16.2. The zero-order valence-electron chi connectivity index (χ0n) is 34.5. The minimum atomic E-state index is 0.131. The van der Waals surface area contributed by atoms with Gasteiger partial charge in [-0.2, -0.15) is 0 Å². The Hall–Kier alpha value is -8.00. The summed E-state index contributed by atoms with van der Waals surface area (Å²) >= 11 is 0. The van der Waals surface area contributed by atoms with Crippen LogP contribution in [0.4, 0.5) is 0 Å². The predicted molar refractivity (Wildman–Crippen MR) is 264 cm³/mol. The summed E-state index contributed by atoms with van der Waals surface area (Å²) in [5.41, 5.74) is 19.6. The minimum Gasteiger partial charge on any atom is -0.309 e. The number of benzene rings is 11. The molecule has 0 radical (unpaired) electrons. The molecule has 63 heavy (non-hydrogen) atoms. The molecule has 0 bridgehead atoms. The Morgan fingerprint density at radius 1 is 0.270 bits per heavy atom. The molecule has 0 fully saturated rings. The summed E-state index contributed by atoms with van der Waals surface area (Å²) in [5.74, 6) is 0.313. The van der Waals surface area contributed by atoms with Gasteiger partial charge >= 0.3 is 0 Å². The van der Waals surface area contributed by atoms with Gasteiger partial charge < -0.3 is 4.57 Å². The highest BCUT2D eigenvalue weighted by atomic mass is 15.0. The van der Waals surface area contributed by atoms with Crippen LogP contribution in [0.5, 0.6) is 0 Å². The zero-order valence-corrected chi connectivity index (χ0v) is 34.5. The van der Waals surface area contributed by atoms with Crippen LogP contribution in [-0.2, 0) is 0 Å². The molecule has 2 unspecified atom stereocenters. The fraction of sp³-hybridized carbons (Fsp3) is 0.0323. The Labute approximate surface area is 365 Å². The highest BCUT2D eigenvalue weighted by molar-refractivity contribution is 6.14. The first kappa shape index (κ1) is 34.7. The fourth-order valence-corrected chi connectivity index (χ4v) is 11.5. The van der Waals surface area contributed by atoms with Crippen LogP contribution in [0.15, 0.2) is 224 Å². The maximum atomic E-state index is 2.53. The van der Waals surface area contributed by atoms with E-state index in [0.717, 1.165) is 0 Å². The summed E-state index contributed by atoms with van der Waals surface area (Å²) in [5, 5.41) is 10.2. The highest BCUT2D eigenvalue weighted by Crippen LogP contribution is 2.53. The Bertz CT molecular complexity index is 3870. The second kappa shape index (κ2) is 13.2. The number of hydrogen-bond donors (Lipinski definition) is 0. The molecule has 11 aromatic carbocycles. The molecule has 0 N–H and O–H groups in total. The minimum absolute atomic E-state index is 0.131. The number of rotatable bonds is 4. The molecule has 12 aromatic rings. The van der Waals surface area contributed by atoms with Crippen molar-refractivity contribution in [1.29, 1.82) is 0 Å². The number of hydrogen-bond acceptors (Lipinski definition) is 0. The van der Waals surface area contributed by atoms with E-state index in [1.807, 2.05) is 0 Å². The number of aromatic nitrogens is 1. The second-order valence-corrected chi connectivity index (χ2v) is 17.5. The quantitative estimate of drug-likeness (QED) is 0.167. The molecule has 0 saturated heterocycles. The van der Waals surface area contributed by atoms with E-state index in [0.29, 0.717) is 0 Å². The molecular formula is C62H39N. The molecule has 0 aliphatic heterocycles. The number of fused-ring (bicyclic) bond motifs is 12. The first-order chi connectivity index (χ1) is 31.2. The Morgan fingerprint density at radius 2 is 0.841 bits per heavy atom. The lowest BCUT2D eigenvalue weighted by atomic mass is 9.86. The third kappa shape index (κ3) is 5.05. The SMILES string of the molecule is c1ccc2c(c1)-c1cc3c4cc(-c5ccc6c(c5)-c5ccccc5C6c5cccc6ccccc56)ccc4n(-c4cccc5ccccc45)c3cc1C2c1ccc2ccccc2c1. The summed E-state index contributed by atoms with van der Waals surface area (Å²) in [6, 6.07) is 84.4. The van der Waals surface area contributed by atoms with Crippen LogP contribution < -0.4 is 0 Å². The van der Waals surface area contributed by atoms with E-state index in [1.165, 1.54) is 127 Å². The first-order valence-corrected chi connectivity index (χ1v) is 22.1. The Morgan fingerprint density at radius 3 is 1.67 bits per heavy atom. The molecule has 1 nitrogen and oxygen atoms in total. The molecule has 14 rings (SSSR count). The summed E-state index contributed by atoms with van der Waals surface area (Å²) in [4.78, 5) is 0. The van der Waals surface area contributed by atoms with E-state index in [2.05, 4.69) is 229 Å². The van der Waals surface area contributed by atoms with Crippen LogP contribution in [0.1, 0.15) is 45.2 Å². The van der Waals surface area contributed by atoms with E-state index >= 15 is 0 Å². The monoisotopic (exact) mass is 797 g/mol. The largest absolute Gasteiger partial charge is 0.309 e. The van der Waals surface area contributed by atoms with E-state index in [4.69, 9.17) is 0 Å². The van der Waals surface area contributed by atoms with Gasteiger partial charge in [0.1, 0.15) is 0 Å². The summed E-state index contributed by atoms with van der Waals surface area (Å²) in [7, 11) is 0. The molecule has 2 aliphatic carbocycles. The Kier molecular flexibility index (Phi) is 7.29. The van der Waals surface area contributed by atoms with Gasteiger partial charge in [-0.1, -0.05) is 188 Å². The molecule has 1 heterocycles. The van der Waals surface area contributed by atoms with Crippen molar-refractivity contribution in [2.75, 3.05) is 0 Å². The molecule has 0 amide bonds. The second-order valence-electron chi connectivity index (χ2n) is 17.5. The van der Waals surface area contributed by atoms with Gasteiger partial charge in [0.25, 0.3) is 0 Å². The van der Waals surface area contributed by atoms with Gasteiger partial charge in [-0.3, -0.25) is 0 Å². The molecule has 2 aliphatic rings. The molecule has 2 atom stereocenters. The average Bonchev–Trinajstić information content (AvgIpc) is 3.97. The van der Waals surface area contributed by atoms with Crippen molar-refractivity contribution < 1.29 is 0 Å². The highest BCUT2D eigenvalue weighted by Gasteiger charge is 2.33. The lowest BCUT2D eigenvalue weighted by Crippen LogP contribution is -2.00. The van der Waals surface area contributed by atoms with E-state index in [1.54, 1.807) is 0 Å². The van der Waals surface area contributed by atoms with Crippen LogP contribution in [-0.4, -0.2) is 4.57 Å². The van der Waals surface area contributed by atoms with Crippen LogP contribution >= 0.6 is 0 Å². The van der Waals surface area contributed by atoms with Crippen molar-refractivity contribution in [2.45, 2.75) is 11.8 Å². The topological polar surface area (TPSA) is 4.93 Å². The maximum Gasteiger partial charge on any atom is 0.0544 e. The lowest BCUT2D eigenvalue weighted by Gasteiger charge is -2.17. The smallest absolute Gasteiger partial charge is 0.0544 e. The standard InChI is InChI=1S/C62H39N/c1-2-16-41-33-44(28-27-38(41)13-1)61-50-23-9-7-21-47(50)54-36-56-55-35-43(30-32-59(55)63(60(56)37-57(54)61)58-26-12-18-40-15-4-6-20-46(40)58)42-29-31-52-53(34-42)48-22-8-10-24-51(48)62(52)49-25-11-17-39-14-3-5-19-45(39)49/h1-37,61-62H. The zero-order chi connectivity index (χ0) is 41.2. The van der Waals surface area contributed by atoms with Crippen molar-refractivity contribution in [2.24, 2.45) is 0 Å². The summed E-state index contributed by atoms with van der Waals surface area (Å²) in [6.07, 6.45) is 0. The maximum absolute atomic E-state index is 2.53. The molecule has 292 valence electrons. The third-order valence-corrected chi connectivity index (χ3v) is 14.3. The summed E-state index contributed by atoms with van der Waals surface area (Å²) < 4.78 is 2.53. The van der Waals surface area contributed by atoms with Crippen LogP contribution in [0.3, 0.4) is 0 Å². The van der Waals surface area contributed by atoms with Crippen molar-refractivity contribution in [3.63, 3.8) is 0 Å². The normalized spacial score (nSPS) is 15.0. The van der Waals surface area contributed by atoms with Gasteiger partial charge in [0.05, 0.1) is 16.7 Å². The fourth-order valence-electron chi connectivity index (χ4n) is 11.5. The van der Waals surface area contributed by atoms with E-state index in [-0.39, 0.29) is 11.8 Å². The van der Waals surface area contributed by atoms with E-state index < -0.39 is 0 Å². The van der Waals surface area contributed by atoms with Crippen LogP contribution in [0, 0.1) is 0 Å². The summed E-state index contributed by atoms with van der Waals surface area (Å²) in [6.45, 7) is 0. The van der Waals surface area contributed by atoms with E-state index in [9.17, 15) is 0 Å². The van der Waals surface area contributed by atoms with Crippen LogP contribution in [0.25, 0.3) is 93.2 Å². The Balaban J connectivity index is 0.993. The molecule has 1 aromatic heterocycles. The van der Waals surface area contributed by atoms with Gasteiger partial charge in [0, 0.05) is 28.0 Å². The van der Waals surface area contributed by atoms with Gasteiger partial charge in [-0.15, -0.1) is 0 Å². The van der Waals surface area contributed by atoms with Gasteiger partial charge in [0.15, 0.2) is 0 Å². The third-order valence-electron chi connectivity index (χ3n) is 14.3. The van der Waals surface area contributed by atoms with Crippen molar-refractivity contribution in [1.82, 2.24) is 4.57 Å². The van der Waals surface area contributed by atoms with Crippen molar-refractivity contribution >= 4 is 54.1 Å². The first-order valence-electron chi connectivity index (χ1n) is 22.1. The molecular weight excluding hydrogens is 759 g/mol. The van der Waals surface area contributed by atoms with Crippen molar-refractivity contribution in [3.8, 4) is 39.1 Å². The lowest BCUT2D eigenvalue weighted by molar-refractivity contribution is 1.02.